The van der Waals surface area contributed by atoms with Gasteiger partial charge in [-0.25, -0.2) is 4.98 Å². The zero-order chi connectivity index (χ0) is 27.8. The van der Waals surface area contributed by atoms with Crippen LogP contribution in [0.5, 0.6) is 17.2 Å². The van der Waals surface area contributed by atoms with Gasteiger partial charge in [-0.05, 0) is 61.2 Å². The van der Waals surface area contributed by atoms with Gasteiger partial charge in [0.2, 0.25) is 5.91 Å². The van der Waals surface area contributed by atoms with E-state index in [1.165, 1.54) is 5.56 Å². The maximum absolute atomic E-state index is 12.3. The second-order valence-electron chi connectivity index (χ2n) is 10.4. The summed E-state index contributed by atoms with van der Waals surface area (Å²) in [5, 5.41) is 11.7. The van der Waals surface area contributed by atoms with E-state index < -0.39 is 5.60 Å². The molecule has 3 aromatic rings. The quantitative estimate of drug-likeness (QED) is 0.376. The molecule has 1 aromatic heterocycles. The molecule has 0 unspecified atom stereocenters. The number of β-amino-alcohol motifs (C(OH)–C–C–N with tert-alkyl or cyclic N) is 1. The number of amides is 1. The number of rotatable bonds is 11. The van der Waals surface area contributed by atoms with Gasteiger partial charge in [-0.1, -0.05) is 12.1 Å². The molecule has 0 radical (unpaired) electrons. The van der Waals surface area contributed by atoms with Crippen molar-refractivity contribution >= 4 is 5.91 Å². The fourth-order valence-electron chi connectivity index (χ4n) is 4.80. The van der Waals surface area contributed by atoms with Crippen molar-refractivity contribution in [3.05, 3.63) is 71.8 Å². The minimum atomic E-state index is -1.22. The van der Waals surface area contributed by atoms with Crippen molar-refractivity contribution in [3.63, 3.8) is 0 Å². The fraction of sp³-hybridized carbons (Fsp3) is 0.467. The van der Waals surface area contributed by atoms with E-state index >= 15 is 0 Å². The number of ether oxygens (including phenoxy) is 3. The van der Waals surface area contributed by atoms with E-state index in [0.717, 1.165) is 24.1 Å². The minimum absolute atomic E-state index is 0.0581. The van der Waals surface area contributed by atoms with Crippen LogP contribution in [-0.4, -0.2) is 82.5 Å². The lowest BCUT2D eigenvalue weighted by molar-refractivity contribution is -0.132. The number of aliphatic hydroxyl groups is 1. The Labute approximate surface area is 230 Å². The normalized spacial score (nSPS) is 18.0. The van der Waals surface area contributed by atoms with Crippen LogP contribution in [0.3, 0.4) is 0 Å². The average Bonchev–Trinajstić information content (AvgIpc) is 3.37. The summed E-state index contributed by atoms with van der Waals surface area (Å²) in [5.74, 6) is 2.02. The Morgan fingerprint density at radius 2 is 1.90 bits per heavy atom. The average molecular weight is 537 g/mol. The van der Waals surface area contributed by atoms with E-state index in [4.69, 9.17) is 14.2 Å². The summed E-state index contributed by atoms with van der Waals surface area (Å²) in [7, 11) is 1.63. The Bertz CT molecular complexity index is 1230. The molecule has 9 heteroatoms. The number of imidazole rings is 1. The first-order valence-corrected chi connectivity index (χ1v) is 13.4. The molecule has 0 saturated carbocycles. The van der Waals surface area contributed by atoms with Crippen molar-refractivity contribution in [3.8, 4) is 17.2 Å². The van der Waals surface area contributed by atoms with Crippen LogP contribution >= 0.6 is 0 Å². The van der Waals surface area contributed by atoms with E-state index in [1.807, 2.05) is 54.1 Å². The lowest BCUT2D eigenvalue weighted by Crippen LogP contribution is -2.51. The van der Waals surface area contributed by atoms with Crippen LogP contribution in [0.1, 0.15) is 30.0 Å². The lowest BCUT2D eigenvalue weighted by atomic mass is 10.0. The van der Waals surface area contributed by atoms with Gasteiger partial charge in [-0.15, -0.1) is 0 Å². The highest BCUT2D eigenvalue weighted by Crippen LogP contribution is 2.29. The van der Waals surface area contributed by atoms with Gasteiger partial charge >= 0.3 is 0 Å². The molecule has 210 valence electrons. The number of hydrogen-bond donors (Lipinski definition) is 1. The van der Waals surface area contributed by atoms with Gasteiger partial charge < -0.3 is 28.8 Å². The molecule has 1 aliphatic heterocycles. The Hall–Kier alpha value is -3.56. The van der Waals surface area contributed by atoms with Crippen molar-refractivity contribution < 1.29 is 24.1 Å². The third kappa shape index (κ3) is 7.97. The first-order chi connectivity index (χ1) is 18.7. The molecule has 9 nitrogen and oxygen atoms in total. The van der Waals surface area contributed by atoms with E-state index in [1.54, 1.807) is 31.5 Å². The number of nitrogens with zero attached hydrogens (tertiary/aromatic N) is 4. The second-order valence-corrected chi connectivity index (χ2v) is 10.4. The van der Waals surface area contributed by atoms with Crippen LogP contribution in [-0.2, 0) is 17.9 Å². The van der Waals surface area contributed by atoms with E-state index in [2.05, 4.69) is 16.8 Å². The summed E-state index contributed by atoms with van der Waals surface area (Å²) in [5.41, 5.74) is 2.13. The number of aryl methyl sites for hydroxylation is 3. The van der Waals surface area contributed by atoms with Crippen molar-refractivity contribution in [1.82, 2.24) is 19.4 Å². The van der Waals surface area contributed by atoms with Gasteiger partial charge in [-0.3, -0.25) is 9.69 Å². The van der Waals surface area contributed by atoms with Crippen molar-refractivity contribution in [2.45, 2.75) is 45.9 Å². The van der Waals surface area contributed by atoms with Crippen molar-refractivity contribution in [2.24, 2.45) is 0 Å². The maximum atomic E-state index is 12.3. The fourth-order valence-corrected chi connectivity index (χ4v) is 4.80. The van der Waals surface area contributed by atoms with Gasteiger partial charge in [-0.2, -0.15) is 0 Å². The van der Waals surface area contributed by atoms with Crippen LogP contribution in [0.25, 0.3) is 0 Å². The number of aromatic nitrogens is 2. The molecular formula is C30H40N4O5. The Morgan fingerprint density at radius 1 is 1.05 bits per heavy atom. The zero-order valence-corrected chi connectivity index (χ0v) is 23.4. The highest BCUT2D eigenvalue weighted by atomic mass is 16.5. The molecule has 1 saturated heterocycles. The van der Waals surface area contributed by atoms with Gasteiger partial charge in [0.05, 0.1) is 26.6 Å². The Kier molecular flexibility index (Phi) is 9.48. The van der Waals surface area contributed by atoms with Crippen LogP contribution < -0.4 is 14.2 Å². The summed E-state index contributed by atoms with van der Waals surface area (Å²) in [4.78, 5) is 20.2. The van der Waals surface area contributed by atoms with E-state index in [0.29, 0.717) is 50.0 Å². The number of hydrogen-bond acceptors (Lipinski definition) is 7. The summed E-state index contributed by atoms with van der Waals surface area (Å²) in [6.45, 7) is 9.44. The van der Waals surface area contributed by atoms with E-state index in [9.17, 15) is 9.90 Å². The van der Waals surface area contributed by atoms with Gasteiger partial charge in [0, 0.05) is 52.0 Å². The highest BCUT2D eigenvalue weighted by molar-refractivity contribution is 5.73. The zero-order valence-electron chi connectivity index (χ0n) is 23.4. The molecule has 1 atom stereocenters. The SMILES string of the molecule is COc1ccc(CN2CCN(C(C)=O)C[C@](O)(COc3ccc(C)c(C)c3)C2)cc1OCCCn1ccnc1. The van der Waals surface area contributed by atoms with Crippen molar-refractivity contribution in [1.29, 1.82) is 0 Å². The maximum Gasteiger partial charge on any atom is 0.219 e. The number of carbonyl (C=O) groups is 1. The Balaban J connectivity index is 1.42. The van der Waals surface area contributed by atoms with Gasteiger partial charge in [0.25, 0.3) is 0 Å². The standard InChI is InChI=1S/C30H40N4O5/c1-23-6-8-27(16-24(23)2)39-21-30(36)19-33(13-14-34(20-30)25(3)35)18-26-7-9-28(37-4)29(17-26)38-15-5-11-32-12-10-31-22-32/h6-10,12,16-17,22,36H,5,11,13-15,18-21H2,1-4H3/t30-/m0/s1. The molecule has 2 aromatic carbocycles. The molecule has 39 heavy (non-hydrogen) atoms. The van der Waals surface area contributed by atoms with Crippen LogP contribution in [0.2, 0.25) is 0 Å². The molecule has 0 spiro atoms. The molecular weight excluding hydrogens is 496 g/mol. The first-order valence-electron chi connectivity index (χ1n) is 13.4. The molecule has 1 aliphatic rings. The molecule has 1 N–H and O–H groups in total. The number of carbonyl (C=O) groups excluding carboxylic acids is 1. The minimum Gasteiger partial charge on any atom is -0.493 e. The van der Waals surface area contributed by atoms with Crippen LogP contribution in [0.4, 0.5) is 0 Å². The summed E-state index contributed by atoms with van der Waals surface area (Å²) in [6.07, 6.45) is 6.33. The first kappa shape index (κ1) is 28.4. The predicted octanol–water partition coefficient (Wildman–Crippen LogP) is 3.45. The topological polar surface area (TPSA) is 89.3 Å². The molecule has 0 aliphatic carbocycles. The number of methoxy groups -OCH3 is 1. The van der Waals surface area contributed by atoms with Gasteiger partial charge in [0.15, 0.2) is 11.5 Å². The third-order valence-electron chi connectivity index (χ3n) is 7.13. The van der Waals surface area contributed by atoms with E-state index in [-0.39, 0.29) is 19.1 Å². The molecule has 4 rings (SSSR count). The summed E-state index contributed by atoms with van der Waals surface area (Å²) >= 11 is 0. The van der Waals surface area contributed by atoms with Gasteiger partial charge in [0.1, 0.15) is 18.0 Å². The number of benzene rings is 2. The molecule has 2 heterocycles. The molecule has 0 bridgehead atoms. The molecule has 1 amide bonds. The lowest BCUT2D eigenvalue weighted by Gasteiger charge is -2.33. The summed E-state index contributed by atoms with van der Waals surface area (Å²) < 4.78 is 19.7. The largest absolute Gasteiger partial charge is 0.493 e. The second kappa shape index (κ2) is 13.0. The van der Waals surface area contributed by atoms with Crippen LogP contribution in [0, 0.1) is 13.8 Å². The van der Waals surface area contributed by atoms with Crippen molar-refractivity contribution in [2.75, 3.05) is 46.5 Å². The third-order valence-corrected chi connectivity index (χ3v) is 7.13. The smallest absolute Gasteiger partial charge is 0.219 e. The van der Waals surface area contributed by atoms with Crippen LogP contribution in [0.15, 0.2) is 55.1 Å². The summed E-state index contributed by atoms with van der Waals surface area (Å²) in [6, 6.07) is 11.8. The molecule has 1 fully saturated rings. The predicted molar refractivity (Wildman–Crippen MR) is 149 cm³/mol. The monoisotopic (exact) mass is 536 g/mol. The Morgan fingerprint density at radius 3 is 2.62 bits per heavy atom. The highest BCUT2D eigenvalue weighted by Gasteiger charge is 2.37.